The molecular weight excluding hydrogens is 308 g/mol. The van der Waals surface area contributed by atoms with E-state index in [0.717, 1.165) is 62.8 Å². The summed E-state index contributed by atoms with van der Waals surface area (Å²) < 4.78 is 11.6. The van der Waals surface area contributed by atoms with Crippen LogP contribution in [0.4, 0.5) is 5.69 Å². The van der Waals surface area contributed by atoms with Gasteiger partial charge in [0.15, 0.2) is 5.11 Å². The Labute approximate surface area is 144 Å². The molecule has 0 amide bonds. The van der Waals surface area contributed by atoms with Gasteiger partial charge in [0.25, 0.3) is 0 Å². The molecule has 0 saturated carbocycles. The zero-order chi connectivity index (χ0) is 16.1. The van der Waals surface area contributed by atoms with Crippen molar-refractivity contribution in [2.75, 3.05) is 31.6 Å². The average molecular weight is 334 g/mol. The van der Waals surface area contributed by atoms with Crippen molar-refractivity contribution < 1.29 is 9.47 Å². The van der Waals surface area contributed by atoms with Crippen LogP contribution in [0.5, 0.6) is 0 Å². The van der Waals surface area contributed by atoms with Gasteiger partial charge < -0.3 is 19.7 Å². The van der Waals surface area contributed by atoms with Crippen molar-refractivity contribution in [3.05, 3.63) is 29.8 Å². The van der Waals surface area contributed by atoms with Gasteiger partial charge in [-0.25, -0.2) is 0 Å². The lowest BCUT2D eigenvalue weighted by atomic mass is 10.2. The molecule has 4 nitrogen and oxygen atoms in total. The molecule has 3 rings (SSSR count). The quantitative estimate of drug-likeness (QED) is 0.835. The number of ether oxygens (including phenoxy) is 2. The number of para-hydroxylation sites is 1. The highest BCUT2D eigenvalue weighted by molar-refractivity contribution is 7.80. The van der Waals surface area contributed by atoms with Crippen molar-refractivity contribution >= 4 is 23.0 Å². The number of thiocarbonyl (C=S) groups is 1. The second-order valence-corrected chi connectivity index (χ2v) is 6.81. The number of rotatable bonds is 5. The molecule has 0 aliphatic carbocycles. The molecule has 0 radical (unpaired) electrons. The Hall–Kier alpha value is -1.17. The Morgan fingerprint density at radius 3 is 2.26 bits per heavy atom. The summed E-state index contributed by atoms with van der Waals surface area (Å²) in [5.41, 5.74) is 2.27. The summed E-state index contributed by atoms with van der Waals surface area (Å²) in [7, 11) is 0. The molecule has 2 heterocycles. The smallest absolute Gasteiger partial charge is 0.173 e. The molecule has 1 aromatic carbocycles. The molecule has 0 aromatic heterocycles. The monoisotopic (exact) mass is 334 g/mol. The summed E-state index contributed by atoms with van der Waals surface area (Å²) in [5, 5.41) is 4.17. The number of hydrogen-bond donors (Lipinski definition) is 1. The van der Waals surface area contributed by atoms with E-state index in [9.17, 15) is 0 Å². The van der Waals surface area contributed by atoms with Gasteiger partial charge in [0, 0.05) is 32.0 Å². The molecule has 0 bridgehead atoms. The van der Waals surface area contributed by atoms with E-state index in [0.29, 0.717) is 0 Å². The summed E-state index contributed by atoms with van der Waals surface area (Å²) in [6.07, 6.45) is 5.11. The van der Waals surface area contributed by atoms with Gasteiger partial charge in [0.05, 0.1) is 12.2 Å². The van der Waals surface area contributed by atoms with Gasteiger partial charge in [-0.15, -0.1) is 0 Å². The maximum atomic E-state index is 5.80. The highest BCUT2D eigenvalue weighted by Crippen LogP contribution is 2.19. The highest BCUT2D eigenvalue weighted by Gasteiger charge is 2.25. The van der Waals surface area contributed by atoms with Gasteiger partial charge >= 0.3 is 0 Å². The summed E-state index contributed by atoms with van der Waals surface area (Å²) in [5.74, 6) is 0. The maximum Gasteiger partial charge on any atom is 0.173 e. The lowest BCUT2D eigenvalue weighted by molar-refractivity contribution is 0.0619. The second-order valence-electron chi connectivity index (χ2n) is 6.42. The Kier molecular flexibility index (Phi) is 5.86. The normalized spacial score (nSPS) is 23.9. The van der Waals surface area contributed by atoms with E-state index in [1.54, 1.807) is 0 Å². The number of aryl methyl sites for hydroxylation is 1. The number of nitrogens with one attached hydrogen (secondary N) is 1. The van der Waals surface area contributed by atoms with E-state index >= 15 is 0 Å². The van der Waals surface area contributed by atoms with Crippen LogP contribution in [0.15, 0.2) is 24.3 Å². The van der Waals surface area contributed by atoms with Crippen LogP contribution in [0.1, 0.15) is 31.2 Å². The van der Waals surface area contributed by atoms with E-state index in [4.69, 9.17) is 21.7 Å². The molecule has 5 heteroatoms. The van der Waals surface area contributed by atoms with E-state index < -0.39 is 0 Å². The average Bonchev–Trinajstić information content (AvgIpc) is 3.22. The van der Waals surface area contributed by atoms with E-state index in [1.165, 1.54) is 5.56 Å². The zero-order valence-corrected chi connectivity index (χ0v) is 14.6. The number of anilines is 1. The lowest BCUT2D eigenvalue weighted by Crippen LogP contribution is -2.44. The SMILES string of the molecule is Cc1ccccc1NC(=S)N(C[C@@H]1CCCO1)C[C@@H]1CCCO1. The molecule has 23 heavy (non-hydrogen) atoms. The van der Waals surface area contributed by atoms with Crippen molar-refractivity contribution in [2.45, 2.75) is 44.8 Å². The van der Waals surface area contributed by atoms with Gasteiger partial charge in [-0.05, 0) is 56.5 Å². The van der Waals surface area contributed by atoms with Gasteiger partial charge in [-0.2, -0.15) is 0 Å². The Balaban J connectivity index is 1.65. The molecule has 1 N–H and O–H groups in total. The van der Waals surface area contributed by atoms with Crippen molar-refractivity contribution in [2.24, 2.45) is 0 Å². The molecule has 0 spiro atoms. The topological polar surface area (TPSA) is 33.7 Å². The molecule has 2 aliphatic rings. The number of nitrogens with zero attached hydrogens (tertiary/aromatic N) is 1. The first-order valence-corrected chi connectivity index (χ1v) is 8.98. The third-order valence-corrected chi connectivity index (χ3v) is 4.93. The Bertz CT molecular complexity index is 508. The maximum absolute atomic E-state index is 5.80. The van der Waals surface area contributed by atoms with Gasteiger partial charge in [0.1, 0.15) is 0 Å². The standard InChI is InChI=1S/C18H26N2O2S/c1-14-6-2-3-9-17(14)19-18(23)20(12-15-7-4-10-21-15)13-16-8-5-11-22-16/h2-3,6,9,15-16H,4-5,7-8,10-13H2,1H3,(H,19,23)/t15-,16-/m0/s1. The molecular formula is C18H26N2O2S. The van der Waals surface area contributed by atoms with E-state index in [1.807, 2.05) is 12.1 Å². The van der Waals surface area contributed by atoms with Crippen LogP contribution in [-0.2, 0) is 9.47 Å². The minimum atomic E-state index is 0.285. The van der Waals surface area contributed by atoms with Crippen molar-refractivity contribution in [3.63, 3.8) is 0 Å². The number of benzene rings is 1. The first-order valence-electron chi connectivity index (χ1n) is 8.57. The van der Waals surface area contributed by atoms with Gasteiger partial charge in [-0.3, -0.25) is 0 Å². The Morgan fingerprint density at radius 1 is 1.13 bits per heavy atom. The molecule has 1 aromatic rings. The van der Waals surface area contributed by atoms with Crippen LogP contribution < -0.4 is 5.32 Å². The molecule has 0 unspecified atom stereocenters. The fourth-order valence-corrected chi connectivity index (χ4v) is 3.48. The molecule has 2 saturated heterocycles. The van der Waals surface area contributed by atoms with E-state index in [-0.39, 0.29) is 12.2 Å². The zero-order valence-electron chi connectivity index (χ0n) is 13.8. The van der Waals surface area contributed by atoms with Crippen LogP contribution >= 0.6 is 12.2 Å². The number of hydrogen-bond acceptors (Lipinski definition) is 3. The summed E-state index contributed by atoms with van der Waals surface area (Å²) in [6, 6.07) is 8.23. The van der Waals surface area contributed by atoms with Crippen LogP contribution in [-0.4, -0.2) is 48.5 Å². The first kappa shape index (κ1) is 16.7. The fourth-order valence-electron chi connectivity index (χ4n) is 3.22. The largest absolute Gasteiger partial charge is 0.376 e. The predicted molar refractivity (Wildman–Crippen MR) is 96.9 cm³/mol. The van der Waals surface area contributed by atoms with Crippen LogP contribution in [0, 0.1) is 6.92 Å². The molecule has 2 fully saturated rings. The molecule has 2 aliphatic heterocycles. The fraction of sp³-hybridized carbons (Fsp3) is 0.611. The van der Waals surface area contributed by atoms with Crippen LogP contribution in [0.3, 0.4) is 0 Å². The van der Waals surface area contributed by atoms with Crippen LogP contribution in [0.25, 0.3) is 0 Å². The predicted octanol–water partition coefficient (Wildman–Crippen LogP) is 3.35. The van der Waals surface area contributed by atoms with Crippen molar-refractivity contribution in [1.29, 1.82) is 0 Å². The third kappa shape index (κ3) is 4.66. The second kappa shape index (κ2) is 8.08. The van der Waals surface area contributed by atoms with E-state index in [2.05, 4.69) is 29.3 Å². The van der Waals surface area contributed by atoms with Gasteiger partial charge in [-0.1, -0.05) is 18.2 Å². The third-order valence-electron chi connectivity index (χ3n) is 4.57. The highest BCUT2D eigenvalue weighted by atomic mass is 32.1. The molecule has 2 atom stereocenters. The van der Waals surface area contributed by atoms with Crippen molar-refractivity contribution in [1.82, 2.24) is 4.90 Å². The van der Waals surface area contributed by atoms with Gasteiger partial charge in [0.2, 0.25) is 0 Å². The Morgan fingerprint density at radius 2 is 1.74 bits per heavy atom. The summed E-state index contributed by atoms with van der Waals surface area (Å²) >= 11 is 5.69. The minimum Gasteiger partial charge on any atom is -0.376 e. The first-order chi connectivity index (χ1) is 11.2. The summed E-state index contributed by atoms with van der Waals surface area (Å²) in [6.45, 7) is 5.53. The van der Waals surface area contributed by atoms with Crippen LogP contribution in [0.2, 0.25) is 0 Å². The minimum absolute atomic E-state index is 0.285. The molecule has 126 valence electrons. The summed E-state index contributed by atoms with van der Waals surface area (Å²) in [4.78, 5) is 2.23. The van der Waals surface area contributed by atoms with Crippen molar-refractivity contribution in [3.8, 4) is 0 Å². The lowest BCUT2D eigenvalue weighted by Gasteiger charge is -2.30.